The van der Waals surface area contributed by atoms with E-state index in [2.05, 4.69) is 31.0 Å². The van der Waals surface area contributed by atoms with Gasteiger partial charge < -0.3 is 19.7 Å². The fraction of sp³-hybridized carbons (Fsp3) is 0.714. The highest BCUT2D eigenvalue weighted by Crippen LogP contribution is 2.30. The second-order valence-electron chi connectivity index (χ2n) is 11.8. The zero-order valence-corrected chi connectivity index (χ0v) is 23.7. The molecule has 2 aliphatic rings. The number of hydrogen-bond acceptors (Lipinski definition) is 5. The molecule has 7 nitrogen and oxygen atoms in total. The molecule has 0 aliphatic carbocycles. The molecule has 1 aromatic carbocycles. The van der Waals surface area contributed by atoms with Gasteiger partial charge in [-0.1, -0.05) is 32.4 Å². The van der Waals surface area contributed by atoms with Gasteiger partial charge in [-0.2, -0.15) is 0 Å². The molecule has 0 saturated carbocycles. The summed E-state index contributed by atoms with van der Waals surface area (Å²) < 4.78 is 12.7. The standard InChI is InChI=1S/C28H44ClN3O4/c1-20-15-24(16-21(2)26(20)29)35-19-28(18-31(13-14-36-28)12-9-27(4,5)6)17-25(34)32-10-7-23(8-11-32)30-22(3)33/h15-16,23H,7-14,17-19H2,1-6H3,(H,30,33). The number of hydrogen-bond donors (Lipinski definition) is 1. The summed E-state index contributed by atoms with van der Waals surface area (Å²) in [4.78, 5) is 29.2. The van der Waals surface area contributed by atoms with E-state index >= 15 is 0 Å². The number of carbonyl (C=O) groups excluding carboxylic acids is 2. The summed E-state index contributed by atoms with van der Waals surface area (Å²) in [5.41, 5.74) is 1.46. The first-order valence-corrected chi connectivity index (χ1v) is 13.5. The molecule has 36 heavy (non-hydrogen) atoms. The molecule has 1 aromatic rings. The van der Waals surface area contributed by atoms with Crippen LogP contribution in [-0.4, -0.2) is 79.2 Å². The van der Waals surface area contributed by atoms with Gasteiger partial charge in [0.05, 0.1) is 13.0 Å². The summed E-state index contributed by atoms with van der Waals surface area (Å²) in [6.45, 7) is 16.9. The van der Waals surface area contributed by atoms with Crippen LogP contribution in [0.25, 0.3) is 0 Å². The van der Waals surface area contributed by atoms with Crippen LogP contribution in [0.4, 0.5) is 0 Å². The Balaban J connectivity index is 1.71. The normalized spacial score (nSPS) is 21.9. The molecule has 2 amide bonds. The summed E-state index contributed by atoms with van der Waals surface area (Å²) >= 11 is 6.35. The Morgan fingerprint density at radius 3 is 2.39 bits per heavy atom. The van der Waals surface area contributed by atoms with E-state index in [1.807, 2.05) is 30.9 Å². The Bertz CT molecular complexity index is 901. The molecule has 2 aliphatic heterocycles. The maximum atomic E-state index is 13.5. The minimum Gasteiger partial charge on any atom is -0.490 e. The van der Waals surface area contributed by atoms with Crippen LogP contribution in [0.2, 0.25) is 5.02 Å². The lowest BCUT2D eigenvalue weighted by molar-refractivity contribution is -0.157. The van der Waals surface area contributed by atoms with Crippen molar-refractivity contribution in [2.45, 2.75) is 78.9 Å². The maximum Gasteiger partial charge on any atom is 0.225 e. The van der Waals surface area contributed by atoms with E-state index in [-0.39, 0.29) is 29.7 Å². The SMILES string of the molecule is CC(=O)NC1CCN(C(=O)CC2(COc3cc(C)c(Cl)c(C)c3)CN(CCC(C)(C)C)CCO2)CC1. The molecule has 8 heteroatoms. The third-order valence-corrected chi connectivity index (χ3v) is 7.74. The average molecular weight is 522 g/mol. The number of nitrogens with one attached hydrogen (secondary N) is 1. The van der Waals surface area contributed by atoms with Crippen molar-refractivity contribution in [2.75, 3.05) is 45.9 Å². The van der Waals surface area contributed by atoms with Crippen LogP contribution in [0.3, 0.4) is 0 Å². The molecule has 2 saturated heterocycles. The van der Waals surface area contributed by atoms with E-state index in [4.69, 9.17) is 21.1 Å². The predicted octanol–water partition coefficient (Wildman–Crippen LogP) is 4.36. The lowest BCUT2D eigenvalue weighted by Gasteiger charge is -2.44. The van der Waals surface area contributed by atoms with Crippen molar-refractivity contribution >= 4 is 23.4 Å². The van der Waals surface area contributed by atoms with Gasteiger partial charge >= 0.3 is 0 Å². The van der Waals surface area contributed by atoms with Gasteiger partial charge in [-0.3, -0.25) is 14.5 Å². The Kier molecular flexibility index (Phi) is 9.69. The number of morpholine rings is 1. The Morgan fingerprint density at radius 2 is 1.81 bits per heavy atom. The van der Waals surface area contributed by atoms with Crippen LogP contribution in [0.1, 0.15) is 64.5 Å². The number of carbonyl (C=O) groups is 2. The number of benzene rings is 1. The van der Waals surface area contributed by atoms with Crippen LogP contribution >= 0.6 is 11.6 Å². The molecule has 3 rings (SSSR count). The number of rotatable bonds is 8. The molecule has 0 radical (unpaired) electrons. The van der Waals surface area contributed by atoms with Crippen molar-refractivity contribution in [1.82, 2.24) is 15.1 Å². The topological polar surface area (TPSA) is 71.1 Å². The lowest BCUT2D eigenvalue weighted by Crippen LogP contribution is -2.58. The lowest BCUT2D eigenvalue weighted by atomic mass is 9.91. The minimum atomic E-state index is -0.719. The minimum absolute atomic E-state index is 0.0190. The van der Waals surface area contributed by atoms with Crippen LogP contribution in [0, 0.1) is 19.3 Å². The number of likely N-dealkylation sites (tertiary alicyclic amines) is 1. The van der Waals surface area contributed by atoms with Crippen molar-refractivity contribution in [3.63, 3.8) is 0 Å². The summed E-state index contributed by atoms with van der Waals surface area (Å²) in [5, 5.41) is 3.72. The number of nitrogens with zero attached hydrogens (tertiary/aromatic N) is 2. The first-order chi connectivity index (χ1) is 16.9. The van der Waals surface area contributed by atoms with Crippen molar-refractivity contribution < 1.29 is 19.1 Å². The number of amides is 2. The van der Waals surface area contributed by atoms with Gasteiger partial charge in [-0.15, -0.1) is 0 Å². The van der Waals surface area contributed by atoms with Crippen molar-refractivity contribution in [3.05, 3.63) is 28.3 Å². The Labute approximate surface area is 221 Å². The summed E-state index contributed by atoms with van der Waals surface area (Å²) in [5.74, 6) is 0.809. The summed E-state index contributed by atoms with van der Waals surface area (Å²) in [7, 11) is 0. The van der Waals surface area contributed by atoms with Gasteiger partial charge in [0.1, 0.15) is 18.0 Å². The smallest absolute Gasteiger partial charge is 0.225 e. The molecule has 2 heterocycles. The van der Waals surface area contributed by atoms with E-state index < -0.39 is 5.60 Å². The predicted molar refractivity (Wildman–Crippen MR) is 144 cm³/mol. The van der Waals surface area contributed by atoms with E-state index in [0.29, 0.717) is 32.8 Å². The summed E-state index contributed by atoms with van der Waals surface area (Å²) in [6, 6.07) is 4.02. The zero-order chi connectivity index (χ0) is 26.5. The molecule has 202 valence electrons. The second-order valence-corrected chi connectivity index (χ2v) is 12.2. The monoisotopic (exact) mass is 521 g/mol. The molecule has 0 aromatic heterocycles. The number of halogens is 1. The zero-order valence-electron chi connectivity index (χ0n) is 22.9. The summed E-state index contributed by atoms with van der Waals surface area (Å²) in [6.07, 6.45) is 2.90. The van der Waals surface area contributed by atoms with Crippen molar-refractivity contribution in [1.29, 1.82) is 0 Å². The highest BCUT2D eigenvalue weighted by atomic mass is 35.5. The number of aryl methyl sites for hydroxylation is 2. The fourth-order valence-electron chi connectivity index (χ4n) is 5.01. The van der Waals surface area contributed by atoms with Gasteiger partial charge in [0.15, 0.2) is 0 Å². The molecular weight excluding hydrogens is 478 g/mol. The number of piperidine rings is 1. The van der Waals surface area contributed by atoms with Crippen molar-refractivity contribution in [3.8, 4) is 5.75 Å². The molecule has 1 N–H and O–H groups in total. The first kappa shape index (κ1) is 28.7. The molecule has 2 fully saturated rings. The maximum absolute atomic E-state index is 13.5. The van der Waals surface area contributed by atoms with Gasteiger partial charge in [-0.25, -0.2) is 0 Å². The second kappa shape index (κ2) is 12.1. The highest BCUT2D eigenvalue weighted by Gasteiger charge is 2.41. The highest BCUT2D eigenvalue weighted by molar-refractivity contribution is 6.32. The van der Waals surface area contributed by atoms with Gasteiger partial charge in [0.2, 0.25) is 11.8 Å². The van der Waals surface area contributed by atoms with Gasteiger partial charge in [0, 0.05) is 44.2 Å². The van der Waals surface area contributed by atoms with Crippen LogP contribution in [-0.2, 0) is 14.3 Å². The molecule has 0 spiro atoms. The van der Waals surface area contributed by atoms with E-state index in [1.54, 1.807) is 0 Å². The first-order valence-electron chi connectivity index (χ1n) is 13.2. The molecule has 1 unspecified atom stereocenters. The fourth-order valence-corrected chi connectivity index (χ4v) is 5.11. The quantitative estimate of drug-likeness (QED) is 0.550. The molecular formula is C28H44ClN3O4. The van der Waals surface area contributed by atoms with E-state index in [0.717, 1.165) is 54.3 Å². The molecule has 0 bridgehead atoms. The van der Waals surface area contributed by atoms with Crippen molar-refractivity contribution in [2.24, 2.45) is 5.41 Å². The van der Waals surface area contributed by atoms with E-state index in [1.165, 1.54) is 6.92 Å². The third kappa shape index (κ3) is 8.35. The molecule has 1 atom stereocenters. The number of ether oxygens (including phenoxy) is 2. The van der Waals surface area contributed by atoms with E-state index in [9.17, 15) is 9.59 Å². The Morgan fingerprint density at radius 1 is 1.17 bits per heavy atom. The van der Waals surface area contributed by atoms with Crippen LogP contribution in [0.15, 0.2) is 12.1 Å². The third-order valence-electron chi connectivity index (χ3n) is 7.15. The van der Waals surface area contributed by atoms with Crippen LogP contribution < -0.4 is 10.1 Å². The average Bonchev–Trinajstić information content (AvgIpc) is 2.80. The Hall–Kier alpha value is -1.83. The van der Waals surface area contributed by atoms with Crippen LogP contribution in [0.5, 0.6) is 5.75 Å². The van der Waals surface area contributed by atoms with Gasteiger partial charge in [-0.05, 0) is 68.3 Å². The largest absolute Gasteiger partial charge is 0.490 e. The van der Waals surface area contributed by atoms with Gasteiger partial charge in [0.25, 0.3) is 0 Å².